The molecule has 19 heavy (non-hydrogen) atoms. The van der Waals surface area contributed by atoms with E-state index in [4.69, 9.17) is 0 Å². The molecular weight excluding hydrogens is 375 g/mol. The van der Waals surface area contributed by atoms with Crippen molar-refractivity contribution in [2.75, 3.05) is 11.6 Å². The van der Waals surface area contributed by atoms with Crippen LogP contribution in [0, 0.1) is 13.7 Å². The molecule has 2 aromatic rings. The lowest BCUT2D eigenvalue weighted by molar-refractivity contribution is -0.385. The van der Waals surface area contributed by atoms with E-state index in [2.05, 4.69) is 5.32 Å². The molecule has 98 valence electrons. The van der Waals surface area contributed by atoms with Crippen molar-refractivity contribution >= 4 is 51.4 Å². The highest BCUT2D eigenvalue weighted by molar-refractivity contribution is 14.1. The smallest absolute Gasteiger partial charge is 0.282 e. The zero-order valence-corrected chi connectivity index (χ0v) is 13.1. The highest BCUT2D eigenvalue weighted by Crippen LogP contribution is 2.30. The molecule has 2 aromatic carbocycles. The lowest BCUT2D eigenvalue weighted by atomic mass is 10.2. The second-order valence-electron chi connectivity index (χ2n) is 3.75. The normalized spacial score (nSPS) is 10.2. The number of nitrogens with zero attached hydrogens (tertiary/aromatic N) is 1. The predicted molar refractivity (Wildman–Crippen MR) is 87.3 cm³/mol. The van der Waals surface area contributed by atoms with Crippen LogP contribution < -0.4 is 5.32 Å². The number of halogens is 1. The lowest BCUT2D eigenvalue weighted by Crippen LogP contribution is -1.95. The van der Waals surface area contributed by atoms with Crippen LogP contribution in [0.3, 0.4) is 0 Å². The minimum absolute atomic E-state index is 0.129. The molecule has 0 aromatic heterocycles. The molecule has 0 spiro atoms. The number of para-hydroxylation sites is 1. The van der Waals surface area contributed by atoms with Crippen molar-refractivity contribution in [2.45, 2.75) is 4.90 Å². The van der Waals surface area contributed by atoms with E-state index >= 15 is 0 Å². The third-order valence-electron chi connectivity index (χ3n) is 2.53. The van der Waals surface area contributed by atoms with Gasteiger partial charge >= 0.3 is 0 Å². The fraction of sp³-hybridized carbons (Fsp3) is 0.0769. The molecule has 0 bridgehead atoms. The number of rotatable bonds is 4. The van der Waals surface area contributed by atoms with Gasteiger partial charge in [-0.3, -0.25) is 10.1 Å². The minimum Gasteiger partial charge on any atom is -0.355 e. The molecule has 0 atom stereocenters. The average molecular weight is 386 g/mol. The van der Waals surface area contributed by atoms with Crippen molar-refractivity contribution in [2.24, 2.45) is 0 Å². The molecule has 0 unspecified atom stereocenters. The lowest BCUT2D eigenvalue weighted by Gasteiger charge is -2.10. The maximum atomic E-state index is 10.8. The van der Waals surface area contributed by atoms with Crippen LogP contribution in [0.4, 0.5) is 17.1 Å². The van der Waals surface area contributed by atoms with E-state index in [-0.39, 0.29) is 10.6 Å². The molecule has 0 aliphatic heterocycles. The molecule has 0 saturated heterocycles. The van der Waals surface area contributed by atoms with Crippen LogP contribution in [0.5, 0.6) is 0 Å². The van der Waals surface area contributed by atoms with E-state index in [9.17, 15) is 10.1 Å². The second-order valence-corrected chi connectivity index (χ2v) is 5.76. The quantitative estimate of drug-likeness (QED) is 0.359. The first-order valence-corrected chi connectivity index (χ1v) is 7.76. The summed E-state index contributed by atoms with van der Waals surface area (Å²) in [6.45, 7) is 0. The van der Waals surface area contributed by atoms with Gasteiger partial charge in [0.25, 0.3) is 5.69 Å². The topological polar surface area (TPSA) is 55.2 Å². The van der Waals surface area contributed by atoms with Crippen molar-refractivity contribution in [1.82, 2.24) is 0 Å². The average Bonchev–Trinajstić information content (AvgIpc) is 2.39. The van der Waals surface area contributed by atoms with Crippen LogP contribution in [-0.4, -0.2) is 11.2 Å². The molecule has 4 nitrogen and oxygen atoms in total. The Morgan fingerprint density at radius 2 is 2.00 bits per heavy atom. The molecule has 6 heteroatoms. The number of hydrogen-bond donors (Lipinski definition) is 1. The van der Waals surface area contributed by atoms with Crippen LogP contribution in [0.1, 0.15) is 0 Å². The van der Waals surface area contributed by atoms with Gasteiger partial charge in [0.05, 0.1) is 14.2 Å². The van der Waals surface area contributed by atoms with Gasteiger partial charge in [0, 0.05) is 16.6 Å². The van der Waals surface area contributed by atoms with Gasteiger partial charge in [-0.15, -0.1) is 11.8 Å². The fourth-order valence-electron chi connectivity index (χ4n) is 1.64. The van der Waals surface area contributed by atoms with Crippen molar-refractivity contribution in [1.29, 1.82) is 0 Å². The molecule has 1 N–H and O–H groups in total. The number of hydrogen-bond acceptors (Lipinski definition) is 4. The fourth-order valence-corrected chi connectivity index (χ4v) is 2.90. The highest BCUT2D eigenvalue weighted by Gasteiger charge is 2.11. The molecule has 0 heterocycles. The molecule has 0 radical (unpaired) electrons. The van der Waals surface area contributed by atoms with Gasteiger partial charge in [0.15, 0.2) is 0 Å². The second kappa shape index (κ2) is 6.25. The molecule has 0 aliphatic carbocycles. The van der Waals surface area contributed by atoms with Gasteiger partial charge in [-0.2, -0.15) is 0 Å². The standard InChI is InChI=1S/C13H11IN2O2S/c1-19-13-5-3-2-4-11(13)15-9-6-7-12(16(17)18)10(14)8-9/h2-8,15H,1H3. The Bertz CT molecular complexity index is 619. The Balaban J connectivity index is 2.29. The van der Waals surface area contributed by atoms with Gasteiger partial charge in [0.1, 0.15) is 0 Å². The molecule has 0 aliphatic rings. The molecule has 0 saturated carbocycles. The summed E-state index contributed by atoms with van der Waals surface area (Å²) in [6, 6.07) is 13.0. The van der Waals surface area contributed by atoms with Crippen LogP contribution in [0.2, 0.25) is 0 Å². The monoisotopic (exact) mass is 386 g/mol. The van der Waals surface area contributed by atoms with Crippen molar-refractivity contribution in [3.63, 3.8) is 0 Å². The maximum Gasteiger partial charge on any atom is 0.282 e. The SMILES string of the molecule is CSc1ccccc1Nc1ccc([N+](=O)[O-])c(I)c1. The van der Waals surface area contributed by atoms with Crippen LogP contribution in [0.25, 0.3) is 0 Å². The van der Waals surface area contributed by atoms with E-state index in [0.29, 0.717) is 3.57 Å². The number of nitro benzene ring substituents is 1. The maximum absolute atomic E-state index is 10.8. The highest BCUT2D eigenvalue weighted by atomic mass is 127. The van der Waals surface area contributed by atoms with E-state index in [0.717, 1.165) is 16.3 Å². The van der Waals surface area contributed by atoms with E-state index in [1.807, 2.05) is 53.1 Å². The zero-order chi connectivity index (χ0) is 13.8. The third-order valence-corrected chi connectivity index (χ3v) is 4.19. The van der Waals surface area contributed by atoms with E-state index in [1.54, 1.807) is 23.9 Å². The summed E-state index contributed by atoms with van der Waals surface area (Å²) in [5.41, 5.74) is 1.97. The van der Waals surface area contributed by atoms with E-state index in [1.165, 1.54) is 6.07 Å². The number of nitro groups is 1. The molecule has 0 amide bonds. The number of anilines is 2. The largest absolute Gasteiger partial charge is 0.355 e. The van der Waals surface area contributed by atoms with Crippen molar-refractivity contribution in [3.05, 3.63) is 56.1 Å². The van der Waals surface area contributed by atoms with Gasteiger partial charge in [-0.25, -0.2) is 0 Å². The summed E-state index contributed by atoms with van der Waals surface area (Å²) in [4.78, 5) is 11.5. The molecule has 0 fully saturated rings. The summed E-state index contributed by atoms with van der Waals surface area (Å²) in [7, 11) is 0. The van der Waals surface area contributed by atoms with Crippen molar-refractivity contribution in [3.8, 4) is 0 Å². The van der Waals surface area contributed by atoms with E-state index < -0.39 is 0 Å². The van der Waals surface area contributed by atoms with Gasteiger partial charge in [-0.05, 0) is 53.1 Å². The van der Waals surface area contributed by atoms with Crippen molar-refractivity contribution < 1.29 is 4.92 Å². The summed E-state index contributed by atoms with van der Waals surface area (Å²) in [5.74, 6) is 0. The third kappa shape index (κ3) is 3.38. The number of benzene rings is 2. The van der Waals surface area contributed by atoms with Crippen LogP contribution >= 0.6 is 34.4 Å². The molecule has 2 rings (SSSR count). The Morgan fingerprint density at radius 1 is 1.26 bits per heavy atom. The number of thioether (sulfide) groups is 1. The summed E-state index contributed by atoms with van der Waals surface area (Å²) >= 11 is 3.63. The van der Waals surface area contributed by atoms with Crippen LogP contribution in [-0.2, 0) is 0 Å². The Kier molecular flexibility index (Phi) is 4.65. The molecular formula is C13H11IN2O2S. The predicted octanol–water partition coefficient (Wildman–Crippen LogP) is 4.66. The summed E-state index contributed by atoms with van der Waals surface area (Å²) in [5, 5.41) is 14.1. The zero-order valence-electron chi connectivity index (χ0n) is 10.1. The van der Waals surface area contributed by atoms with Gasteiger partial charge in [-0.1, -0.05) is 12.1 Å². The Labute approximate surface area is 128 Å². The summed E-state index contributed by atoms with van der Waals surface area (Å²) in [6.07, 6.45) is 2.01. The Morgan fingerprint density at radius 3 is 2.63 bits per heavy atom. The van der Waals surface area contributed by atoms with Gasteiger partial charge < -0.3 is 5.32 Å². The first kappa shape index (κ1) is 14.1. The Hall–Kier alpha value is -1.28. The first-order chi connectivity index (χ1) is 9.11. The summed E-state index contributed by atoms with van der Waals surface area (Å²) < 4.78 is 0.620. The van der Waals surface area contributed by atoms with Crippen LogP contribution in [0.15, 0.2) is 47.4 Å². The van der Waals surface area contributed by atoms with Gasteiger partial charge in [0.2, 0.25) is 0 Å². The number of nitrogens with one attached hydrogen (secondary N) is 1. The first-order valence-electron chi connectivity index (χ1n) is 5.46. The minimum atomic E-state index is -0.374.